The molecule has 0 radical (unpaired) electrons. The lowest BCUT2D eigenvalue weighted by atomic mass is 10.2. The van der Waals surface area contributed by atoms with Crippen molar-refractivity contribution in [3.63, 3.8) is 0 Å². The number of methoxy groups -OCH3 is 1. The van der Waals surface area contributed by atoms with Crippen molar-refractivity contribution in [3.05, 3.63) is 70.1 Å². The fourth-order valence-electron chi connectivity index (χ4n) is 2.61. The largest absolute Gasteiger partial charge is 0.465 e. The van der Waals surface area contributed by atoms with E-state index in [1.165, 1.54) is 24.5 Å². The van der Waals surface area contributed by atoms with Gasteiger partial charge in [0.1, 0.15) is 11.1 Å². The van der Waals surface area contributed by atoms with Gasteiger partial charge in [-0.1, -0.05) is 29.5 Å². The zero-order valence-corrected chi connectivity index (χ0v) is 14.8. The van der Waals surface area contributed by atoms with Gasteiger partial charge in [-0.15, -0.1) is 0 Å². The quantitative estimate of drug-likeness (QED) is 0.432. The summed E-state index contributed by atoms with van der Waals surface area (Å²) in [5, 5.41) is 3.57. The number of hydrogen-bond acceptors (Lipinski definition) is 7. The molecule has 0 unspecified atom stereocenters. The molecule has 0 spiro atoms. The Morgan fingerprint density at radius 1 is 1.15 bits per heavy atom. The lowest BCUT2D eigenvalue weighted by molar-refractivity contribution is 0.0601. The van der Waals surface area contributed by atoms with Crippen molar-refractivity contribution >= 4 is 49.5 Å². The second-order valence-corrected chi connectivity index (χ2v) is 6.66. The summed E-state index contributed by atoms with van der Waals surface area (Å²) in [4.78, 5) is 40.5. The number of aromatic nitrogens is 1. The van der Waals surface area contributed by atoms with Crippen LogP contribution in [0.3, 0.4) is 0 Å². The van der Waals surface area contributed by atoms with Crippen LogP contribution in [0, 0.1) is 0 Å². The maximum absolute atomic E-state index is 12.5. The van der Waals surface area contributed by atoms with Crippen LogP contribution in [0.1, 0.15) is 20.7 Å². The van der Waals surface area contributed by atoms with Crippen LogP contribution < -0.4 is 10.9 Å². The van der Waals surface area contributed by atoms with E-state index in [9.17, 15) is 14.4 Å². The number of rotatable bonds is 3. The average molecular weight is 380 g/mol. The SMILES string of the molecule is COC(=O)c1ccc2nc(NC(=O)c3cc4ccccc4oc3=O)sc2c1. The van der Waals surface area contributed by atoms with Crippen molar-refractivity contribution in [2.45, 2.75) is 0 Å². The number of benzene rings is 2. The minimum atomic E-state index is -0.722. The van der Waals surface area contributed by atoms with E-state index in [0.29, 0.717) is 31.9 Å². The molecule has 0 saturated heterocycles. The molecule has 4 rings (SSSR count). The number of carbonyl (C=O) groups excluding carboxylic acids is 2. The fourth-order valence-corrected chi connectivity index (χ4v) is 3.51. The predicted molar refractivity (Wildman–Crippen MR) is 101 cm³/mol. The molecular weight excluding hydrogens is 368 g/mol. The maximum atomic E-state index is 12.5. The first-order valence-electron chi connectivity index (χ1n) is 7.88. The summed E-state index contributed by atoms with van der Waals surface area (Å²) in [5.41, 5.74) is 0.591. The Bertz CT molecular complexity index is 1260. The van der Waals surface area contributed by atoms with Crippen molar-refractivity contribution in [2.75, 3.05) is 12.4 Å². The molecule has 2 heterocycles. The molecule has 8 heteroatoms. The Kier molecular flexibility index (Phi) is 4.17. The van der Waals surface area contributed by atoms with Crippen LogP contribution in [0.15, 0.2) is 57.7 Å². The van der Waals surface area contributed by atoms with Gasteiger partial charge in [0.2, 0.25) is 0 Å². The number of thiazole rings is 1. The standard InChI is InChI=1S/C19H12N2O5S/c1-25-17(23)11-6-7-13-15(9-11)27-19(20-13)21-16(22)12-8-10-4-2-3-5-14(10)26-18(12)24/h2-9H,1H3,(H,20,21,22). The summed E-state index contributed by atoms with van der Waals surface area (Å²) in [6, 6.07) is 13.3. The molecule has 134 valence electrons. The molecule has 7 nitrogen and oxygen atoms in total. The topological polar surface area (TPSA) is 98.5 Å². The third-order valence-electron chi connectivity index (χ3n) is 3.92. The van der Waals surface area contributed by atoms with Crippen molar-refractivity contribution in [1.82, 2.24) is 4.98 Å². The number of fused-ring (bicyclic) bond motifs is 2. The molecule has 0 fully saturated rings. The highest BCUT2D eigenvalue weighted by atomic mass is 32.1. The predicted octanol–water partition coefficient (Wildman–Crippen LogP) is 3.44. The lowest BCUT2D eigenvalue weighted by Gasteiger charge is -2.02. The highest BCUT2D eigenvalue weighted by Crippen LogP contribution is 2.27. The van der Waals surface area contributed by atoms with Crippen molar-refractivity contribution in [1.29, 1.82) is 0 Å². The number of hydrogen-bond donors (Lipinski definition) is 1. The lowest BCUT2D eigenvalue weighted by Crippen LogP contribution is -2.20. The van der Waals surface area contributed by atoms with Gasteiger partial charge >= 0.3 is 11.6 Å². The third-order valence-corrected chi connectivity index (χ3v) is 4.85. The number of nitrogens with one attached hydrogen (secondary N) is 1. The first kappa shape index (κ1) is 16.9. The molecule has 1 N–H and O–H groups in total. The Labute approximate surface area is 156 Å². The highest BCUT2D eigenvalue weighted by Gasteiger charge is 2.16. The van der Waals surface area contributed by atoms with E-state index >= 15 is 0 Å². The summed E-state index contributed by atoms with van der Waals surface area (Å²) >= 11 is 1.19. The number of ether oxygens (including phenoxy) is 1. The van der Waals surface area contributed by atoms with Gasteiger partial charge in [-0.25, -0.2) is 14.6 Å². The molecule has 2 aromatic carbocycles. The van der Waals surface area contributed by atoms with Crippen LogP contribution in [0.4, 0.5) is 5.13 Å². The summed E-state index contributed by atoms with van der Waals surface area (Å²) in [7, 11) is 1.31. The van der Waals surface area contributed by atoms with Gasteiger partial charge in [-0.3, -0.25) is 10.1 Å². The Morgan fingerprint density at radius 2 is 1.96 bits per heavy atom. The molecule has 0 aliphatic carbocycles. The first-order chi connectivity index (χ1) is 13.0. The van der Waals surface area contributed by atoms with Crippen molar-refractivity contribution in [2.24, 2.45) is 0 Å². The molecule has 0 bridgehead atoms. The molecule has 4 aromatic rings. The molecule has 2 aromatic heterocycles. The van der Waals surface area contributed by atoms with Gasteiger partial charge in [0, 0.05) is 5.39 Å². The van der Waals surface area contributed by atoms with Crippen LogP contribution in [0.2, 0.25) is 0 Å². The number of anilines is 1. The average Bonchev–Trinajstić information content (AvgIpc) is 3.07. The molecule has 0 saturated carbocycles. The summed E-state index contributed by atoms with van der Waals surface area (Å²) in [6.07, 6.45) is 0. The minimum Gasteiger partial charge on any atom is -0.465 e. The van der Waals surface area contributed by atoms with E-state index in [-0.39, 0.29) is 5.56 Å². The summed E-state index contributed by atoms with van der Waals surface area (Å²) in [6.45, 7) is 0. The van der Waals surface area contributed by atoms with Crippen LogP contribution >= 0.6 is 11.3 Å². The van der Waals surface area contributed by atoms with Gasteiger partial charge < -0.3 is 9.15 Å². The summed E-state index contributed by atoms with van der Waals surface area (Å²) in [5.74, 6) is -1.06. The van der Waals surface area contributed by atoms with E-state index in [0.717, 1.165) is 0 Å². The number of nitrogens with zero attached hydrogens (tertiary/aromatic N) is 1. The highest BCUT2D eigenvalue weighted by molar-refractivity contribution is 7.22. The monoisotopic (exact) mass is 380 g/mol. The zero-order chi connectivity index (χ0) is 19.0. The van der Waals surface area contributed by atoms with Crippen molar-refractivity contribution in [3.8, 4) is 0 Å². The number of esters is 1. The van der Waals surface area contributed by atoms with Gasteiger partial charge in [-0.05, 0) is 30.3 Å². The zero-order valence-electron chi connectivity index (χ0n) is 14.0. The van der Waals surface area contributed by atoms with E-state index in [1.54, 1.807) is 42.5 Å². The molecule has 1 amide bonds. The number of amides is 1. The van der Waals surface area contributed by atoms with Crippen LogP contribution in [0.5, 0.6) is 0 Å². The van der Waals surface area contributed by atoms with Crippen LogP contribution in [-0.4, -0.2) is 24.0 Å². The Balaban J connectivity index is 1.65. The molecular formula is C19H12N2O5S. The van der Waals surface area contributed by atoms with E-state index < -0.39 is 17.5 Å². The van der Waals surface area contributed by atoms with Gasteiger partial charge in [0.15, 0.2) is 5.13 Å². The van der Waals surface area contributed by atoms with Crippen molar-refractivity contribution < 1.29 is 18.7 Å². The second-order valence-electron chi connectivity index (χ2n) is 5.63. The smallest absolute Gasteiger partial charge is 0.349 e. The fraction of sp³-hybridized carbons (Fsp3) is 0.0526. The first-order valence-corrected chi connectivity index (χ1v) is 8.70. The normalized spacial score (nSPS) is 10.9. The number of para-hydroxylation sites is 1. The van der Waals surface area contributed by atoms with E-state index in [2.05, 4.69) is 10.3 Å². The minimum absolute atomic E-state index is 0.108. The third kappa shape index (κ3) is 3.18. The molecule has 27 heavy (non-hydrogen) atoms. The van der Waals surface area contributed by atoms with Gasteiger partial charge in [0.05, 0.1) is 22.9 Å². The molecule has 0 aliphatic heterocycles. The Hall–Kier alpha value is -3.52. The van der Waals surface area contributed by atoms with Gasteiger partial charge in [0.25, 0.3) is 5.91 Å². The van der Waals surface area contributed by atoms with E-state index in [1.807, 2.05) is 0 Å². The summed E-state index contributed by atoms with van der Waals surface area (Å²) < 4.78 is 10.6. The number of carbonyl (C=O) groups is 2. The van der Waals surface area contributed by atoms with Crippen LogP contribution in [0.25, 0.3) is 21.2 Å². The maximum Gasteiger partial charge on any atom is 0.349 e. The second kappa shape index (κ2) is 6.65. The van der Waals surface area contributed by atoms with E-state index in [4.69, 9.17) is 9.15 Å². The van der Waals surface area contributed by atoms with Gasteiger partial charge in [-0.2, -0.15) is 0 Å². The van der Waals surface area contributed by atoms with Crippen LogP contribution in [-0.2, 0) is 4.74 Å². The molecule has 0 aliphatic rings. The molecule has 0 atom stereocenters. The Morgan fingerprint density at radius 3 is 2.78 bits per heavy atom.